The number of hydrogen-bond donors (Lipinski definition) is 1. The third kappa shape index (κ3) is 3.81. The van der Waals surface area contributed by atoms with Crippen molar-refractivity contribution in [2.45, 2.75) is 32.4 Å². The molecular weight excluding hydrogens is 346 g/mol. The van der Waals surface area contributed by atoms with Crippen LogP contribution in [0.2, 0.25) is 5.15 Å². The van der Waals surface area contributed by atoms with Gasteiger partial charge in [-0.1, -0.05) is 41.9 Å². The first kappa shape index (κ1) is 19.4. The van der Waals surface area contributed by atoms with E-state index in [9.17, 15) is 0 Å². The third-order valence-electron chi connectivity index (χ3n) is 5.37. The van der Waals surface area contributed by atoms with Crippen LogP contribution in [0.3, 0.4) is 0 Å². The number of halogens is 1. The second-order valence-corrected chi connectivity index (χ2v) is 8.34. The fourth-order valence-electron chi connectivity index (χ4n) is 3.82. The molecule has 26 heavy (non-hydrogen) atoms. The van der Waals surface area contributed by atoms with Gasteiger partial charge >= 0.3 is 0 Å². The Labute approximate surface area is 161 Å². The fourth-order valence-corrected chi connectivity index (χ4v) is 4.15. The van der Waals surface area contributed by atoms with E-state index in [2.05, 4.69) is 52.3 Å². The lowest BCUT2D eigenvalue weighted by Gasteiger charge is -2.44. The number of aromatic nitrogens is 2. The van der Waals surface area contributed by atoms with Gasteiger partial charge in [0.05, 0.1) is 11.7 Å². The van der Waals surface area contributed by atoms with Gasteiger partial charge in [-0.05, 0) is 20.8 Å². The molecule has 0 spiro atoms. The molecule has 0 aliphatic carbocycles. The lowest BCUT2D eigenvalue weighted by Crippen LogP contribution is -2.54. The van der Waals surface area contributed by atoms with Gasteiger partial charge in [0.2, 0.25) is 0 Å². The first-order chi connectivity index (χ1) is 12.3. The summed E-state index contributed by atoms with van der Waals surface area (Å²) in [6.45, 7) is 11.4. The minimum atomic E-state index is 0.0829. The highest BCUT2D eigenvalue weighted by atomic mass is 35.5. The van der Waals surface area contributed by atoms with Crippen LogP contribution < -0.4 is 5.73 Å². The first-order valence-electron chi connectivity index (χ1n) is 9.29. The minimum absolute atomic E-state index is 0.0829. The van der Waals surface area contributed by atoms with Crippen molar-refractivity contribution in [3.05, 3.63) is 41.2 Å². The van der Waals surface area contributed by atoms with Crippen LogP contribution >= 0.6 is 11.6 Å². The van der Waals surface area contributed by atoms with Crippen LogP contribution in [0.1, 0.15) is 32.5 Å². The van der Waals surface area contributed by atoms with Gasteiger partial charge in [-0.15, -0.1) is 0 Å². The van der Waals surface area contributed by atoms with Crippen molar-refractivity contribution in [3.8, 4) is 11.4 Å². The summed E-state index contributed by atoms with van der Waals surface area (Å²) in [5, 5.41) is 0.556. The van der Waals surface area contributed by atoms with Crippen LogP contribution in [0.4, 0.5) is 0 Å². The molecule has 1 fully saturated rings. The average Bonchev–Trinajstić information content (AvgIpc) is 2.91. The Morgan fingerprint density at radius 1 is 1.12 bits per heavy atom. The number of piperazine rings is 1. The maximum Gasteiger partial charge on any atom is 0.152 e. The standard InChI is InChI=1S/C20H30ClN5/c1-20(2,3)26-12-10-25(11-13-26)16(14-22)17-18(21)23-19(24(17)4)15-8-6-5-7-9-15/h5-9,16H,10-14,22H2,1-4H3. The van der Waals surface area contributed by atoms with E-state index in [0.29, 0.717) is 11.7 Å². The summed E-state index contributed by atoms with van der Waals surface area (Å²) >= 11 is 6.57. The van der Waals surface area contributed by atoms with E-state index in [1.807, 2.05) is 25.2 Å². The van der Waals surface area contributed by atoms with Crippen molar-refractivity contribution < 1.29 is 0 Å². The van der Waals surface area contributed by atoms with Crippen LogP contribution in [-0.2, 0) is 7.05 Å². The van der Waals surface area contributed by atoms with Crippen molar-refractivity contribution in [1.82, 2.24) is 19.4 Å². The normalized spacial score (nSPS) is 18.2. The van der Waals surface area contributed by atoms with Gasteiger partial charge in [-0.2, -0.15) is 0 Å². The molecule has 2 N–H and O–H groups in total. The van der Waals surface area contributed by atoms with E-state index < -0.39 is 0 Å². The van der Waals surface area contributed by atoms with Gasteiger partial charge in [-0.3, -0.25) is 9.80 Å². The Balaban J connectivity index is 1.85. The molecule has 1 unspecified atom stereocenters. The number of hydrogen-bond acceptors (Lipinski definition) is 4. The zero-order valence-electron chi connectivity index (χ0n) is 16.2. The number of rotatable bonds is 4. The molecule has 1 aromatic heterocycles. The van der Waals surface area contributed by atoms with Gasteiger partial charge in [0.1, 0.15) is 5.82 Å². The molecule has 0 saturated carbocycles. The molecule has 1 atom stereocenters. The molecular formula is C20H30ClN5. The number of benzene rings is 1. The van der Waals surface area contributed by atoms with Crippen LogP contribution in [-0.4, -0.2) is 57.6 Å². The van der Waals surface area contributed by atoms with Crippen molar-refractivity contribution in [2.24, 2.45) is 12.8 Å². The van der Waals surface area contributed by atoms with E-state index in [0.717, 1.165) is 43.3 Å². The Kier molecular flexibility index (Phi) is 5.72. The fraction of sp³-hybridized carbons (Fsp3) is 0.550. The van der Waals surface area contributed by atoms with Crippen molar-refractivity contribution in [1.29, 1.82) is 0 Å². The number of nitrogens with two attached hydrogens (primary N) is 1. The molecule has 1 saturated heterocycles. The lowest BCUT2D eigenvalue weighted by molar-refractivity contribution is 0.0420. The largest absolute Gasteiger partial charge is 0.329 e. The zero-order chi connectivity index (χ0) is 18.9. The number of nitrogens with zero attached hydrogens (tertiary/aromatic N) is 4. The monoisotopic (exact) mass is 375 g/mol. The van der Waals surface area contributed by atoms with Gasteiger partial charge < -0.3 is 10.3 Å². The predicted octanol–water partition coefficient (Wildman–Crippen LogP) is 3.16. The van der Waals surface area contributed by atoms with Gasteiger partial charge in [0.15, 0.2) is 5.15 Å². The van der Waals surface area contributed by atoms with Crippen LogP contribution in [0.5, 0.6) is 0 Å². The maximum absolute atomic E-state index is 6.57. The minimum Gasteiger partial charge on any atom is -0.329 e. The topological polar surface area (TPSA) is 50.3 Å². The Morgan fingerprint density at radius 2 is 1.73 bits per heavy atom. The summed E-state index contributed by atoms with van der Waals surface area (Å²) in [6.07, 6.45) is 0. The summed E-state index contributed by atoms with van der Waals surface area (Å²) in [7, 11) is 2.03. The zero-order valence-corrected chi connectivity index (χ0v) is 17.0. The maximum atomic E-state index is 6.57. The first-order valence-corrected chi connectivity index (χ1v) is 9.67. The molecule has 0 bridgehead atoms. The lowest BCUT2D eigenvalue weighted by atomic mass is 10.0. The van der Waals surface area contributed by atoms with Crippen molar-refractivity contribution in [3.63, 3.8) is 0 Å². The van der Waals surface area contributed by atoms with Gasteiger partial charge in [-0.25, -0.2) is 4.98 Å². The predicted molar refractivity (Wildman–Crippen MR) is 108 cm³/mol. The summed E-state index contributed by atoms with van der Waals surface area (Å²) in [5.41, 5.74) is 8.47. The average molecular weight is 376 g/mol. The van der Waals surface area contributed by atoms with E-state index >= 15 is 0 Å². The quantitative estimate of drug-likeness (QED) is 0.891. The van der Waals surface area contributed by atoms with E-state index in [1.165, 1.54) is 0 Å². The highest BCUT2D eigenvalue weighted by molar-refractivity contribution is 6.30. The Bertz CT molecular complexity index is 727. The SMILES string of the molecule is Cn1c(-c2ccccc2)nc(Cl)c1C(CN)N1CCN(C(C)(C)C)CC1. The van der Waals surface area contributed by atoms with Crippen LogP contribution in [0.15, 0.2) is 30.3 Å². The molecule has 2 heterocycles. The molecule has 2 aromatic rings. The molecule has 1 aliphatic rings. The summed E-state index contributed by atoms with van der Waals surface area (Å²) in [5.74, 6) is 0.886. The highest BCUT2D eigenvalue weighted by Crippen LogP contribution is 2.32. The second-order valence-electron chi connectivity index (χ2n) is 7.98. The van der Waals surface area contributed by atoms with Crippen LogP contribution in [0, 0.1) is 0 Å². The highest BCUT2D eigenvalue weighted by Gasteiger charge is 2.32. The summed E-state index contributed by atoms with van der Waals surface area (Å²) in [6, 6.07) is 10.2. The third-order valence-corrected chi connectivity index (χ3v) is 5.65. The molecule has 3 rings (SSSR count). The van der Waals surface area contributed by atoms with Crippen LogP contribution in [0.25, 0.3) is 11.4 Å². The molecule has 1 aromatic carbocycles. The van der Waals surface area contributed by atoms with E-state index in [1.54, 1.807) is 0 Å². The summed E-state index contributed by atoms with van der Waals surface area (Å²) < 4.78 is 2.10. The van der Waals surface area contributed by atoms with Crippen molar-refractivity contribution >= 4 is 11.6 Å². The molecule has 0 radical (unpaired) electrons. The molecule has 0 amide bonds. The van der Waals surface area contributed by atoms with Crippen molar-refractivity contribution in [2.75, 3.05) is 32.7 Å². The Morgan fingerprint density at radius 3 is 2.27 bits per heavy atom. The molecule has 1 aliphatic heterocycles. The molecule has 5 nitrogen and oxygen atoms in total. The second kappa shape index (κ2) is 7.69. The van der Waals surface area contributed by atoms with E-state index in [4.69, 9.17) is 17.3 Å². The van der Waals surface area contributed by atoms with Gasteiger partial charge in [0, 0.05) is 50.9 Å². The number of imidazole rings is 1. The smallest absolute Gasteiger partial charge is 0.152 e. The molecule has 6 heteroatoms. The molecule has 142 valence electrons. The van der Waals surface area contributed by atoms with E-state index in [-0.39, 0.29) is 11.6 Å². The summed E-state index contributed by atoms with van der Waals surface area (Å²) in [4.78, 5) is 9.60. The van der Waals surface area contributed by atoms with Gasteiger partial charge in [0.25, 0.3) is 0 Å². The Hall–Kier alpha value is -1.40.